The lowest BCUT2D eigenvalue weighted by atomic mass is 9.97. The third-order valence-corrected chi connectivity index (χ3v) is 5.47. The van der Waals surface area contributed by atoms with Gasteiger partial charge >= 0.3 is 5.97 Å². The molecule has 0 aliphatic heterocycles. The average molecular weight is 401 g/mol. The Kier molecular flexibility index (Phi) is 6.07. The van der Waals surface area contributed by atoms with Gasteiger partial charge in [0.1, 0.15) is 23.5 Å². The Morgan fingerprint density at radius 2 is 1.72 bits per heavy atom. The molecule has 0 unspecified atom stereocenters. The molecule has 2 aromatic carbocycles. The monoisotopic (exact) mass is 401 g/mol. The van der Waals surface area contributed by atoms with Gasteiger partial charge < -0.3 is 9.30 Å². The fourth-order valence-electron chi connectivity index (χ4n) is 3.34. The Balaban J connectivity index is 2.17. The van der Waals surface area contributed by atoms with Gasteiger partial charge in [-0.05, 0) is 35.9 Å². The zero-order valence-electron chi connectivity index (χ0n) is 16.4. The quantitative estimate of drug-likeness (QED) is 0.444. The van der Waals surface area contributed by atoms with Crippen LogP contribution in [0, 0.1) is 22.7 Å². The summed E-state index contributed by atoms with van der Waals surface area (Å²) in [6.07, 6.45) is 2.03. The maximum atomic E-state index is 12.6. The molecule has 29 heavy (non-hydrogen) atoms. The number of nitrogens with zero attached hydrogens (tertiary/aromatic N) is 3. The second kappa shape index (κ2) is 8.68. The topological polar surface area (TPSA) is 78.8 Å². The van der Waals surface area contributed by atoms with Crippen molar-refractivity contribution in [3.05, 3.63) is 65.5 Å². The second-order valence-corrected chi connectivity index (χ2v) is 7.08. The molecule has 0 bridgehead atoms. The van der Waals surface area contributed by atoms with E-state index in [1.165, 1.54) is 4.57 Å². The molecular formula is C23H19N3O2S. The molecule has 0 N–H and O–H groups in total. The molecule has 5 nitrogen and oxygen atoms in total. The van der Waals surface area contributed by atoms with Gasteiger partial charge in [-0.2, -0.15) is 10.5 Å². The molecule has 3 rings (SSSR count). The molecule has 3 aromatic rings. The Morgan fingerprint density at radius 1 is 1.07 bits per heavy atom. The molecule has 1 aromatic heterocycles. The molecule has 1 heterocycles. The zero-order chi connectivity index (χ0) is 21.0. The van der Waals surface area contributed by atoms with Crippen molar-refractivity contribution >= 4 is 17.7 Å². The van der Waals surface area contributed by atoms with E-state index in [1.54, 1.807) is 25.7 Å². The third kappa shape index (κ3) is 3.63. The van der Waals surface area contributed by atoms with Crippen molar-refractivity contribution in [2.24, 2.45) is 7.05 Å². The van der Waals surface area contributed by atoms with Crippen LogP contribution in [0.1, 0.15) is 28.7 Å². The van der Waals surface area contributed by atoms with Crippen molar-refractivity contribution in [1.82, 2.24) is 4.57 Å². The predicted molar refractivity (Wildman–Crippen MR) is 113 cm³/mol. The van der Waals surface area contributed by atoms with Crippen LogP contribution in [0.2, 0.25) is 0 Å². The number of hydrogen-bond donors (Lipinski definition) is 0. The zero-order valence-corrected chi connectivity index (χ0v) is 17.2. The number of nitriles is 2. The number of carbonyl (C=O) groups excluding carboxylic acids is 1. The van der Waals surface area contributed by atoms with Crippen LogP contribution in [-0.2, 0) is 11.8 Å². The van der Waals surface area contributed by atoms with Crippen molar-refractivity contribution in [2.75, 3.05) is 12.9 Å². The van der Waals surface area contributed by atoms with Crippen molar-refractivity contribution in [3.8, 4) is 34.4 Å². The second-order valence-electron chi connectivity index (χ2n) is 6.23. The van der Waals surface area contributed by atoms with Crippen LogP contribution in [0.4, 0.5) is 0 Å². The maximum Gasteiger partial charge on any atom is 0.355 e. The number of thioether (sulfide) groups is 1. The summed E-state index contributed by atoms with van der Waals surface area (Å²) in [6.45, 7) is 1.92. The summed E-state index contributed by atoms with van der Waals surface area (Å²) in [4.78, 5) is 13.7. The Morgan fingerprint density at radius 3 is 2.31 bits per heavy atom. The maximum absolute atomic E-state index is 12.6. The highest BCUT2D eigenvalue weighted by atomic mass is 32.2. The van der Waals surface area contributed by atoms with Gasteiger partial charge in [0.15, 0.2) is 0 Å². The average Bonchev–Trinajstić information content (AvgIpc) is 3.05. The lowest BCUT2D eigenvalue weighted by Crippen LogP contribution is -2.11. The smallest absolute Gasteiger partial charge is 0.355 e. The number of hydrogen-bond acceptors (Lipinski definition) is 5. The van der Waals surface area contributed by atoms with Gasteiger partial charge in [0, 0.05) is 17.5 Å². The van der Waals surface area contributed by atoms with Gasteiger partial charge in [0.2, 0.25) is 0 Å². The van der Waals surface area contributed by atoms with E-state index >= 15 is 0 Å². The highest BCUT2D eigenvalue weighted by molar-refractivity contribution is 7.98. The Hall–Kier alpha value is -3.48. The SMILES string of the molecule is CCOC(=O)c1c(-c2ccc(-c3ccccc3SC)cc2)c(C#N)c(C#N)n1C. The molecule has 0 aliphatic carbocycles. The van der Waals surface area contributed by atoms with Crippen LogP contribution < -0.4 is 0 Å². The lowest BCUT2D eigenvalue weighted by molar-refractivity contribution is 0.0516. The number of benzene rings is 2. The number of carbonyl (C=O) groups is 1. The summed E-state index contributed by atoms with van der Waals surface area (Å²) in [7, 11) is 1.60. The molecule has 0 spiro atoms. The first-order valence-electron chi connectivity index (χ1n) is 9.01. The van der Waals surface area contributed by atoms with Gasteiger partial charge in [0.25, 0.3) is 0 Å². The summed E-state index contributed by atoms with van der Waals surface area (Å²) in [5, 5.41) is 19.2. The molecular weight excluding hydrogens is 382 g/mol. The molecule has 0 fully saturated rings. The van der Waals surface area contributed by atoms with Crippen LogP contribution in [0.3, 0.4) is 0 Å². The molecule has 0 atom stereocenters. The summed E-state index contributed by atoms with van der Waals surface area (Å²) < 4.78 is 6.60. The van der Waals surface area contributed by atoms with E-state index in [1.807, 2.05) is 48.7 Å². The van der Waals surface area contributed by atoms with E-state index in [0.29, 0.717) is 11.1 Å². The summed E-state index contributed by atoms with van der Waals surface area (Å²) in [5.41, 5.74) is 3.78. The van der Waals surface area contributed by atoms with Crippen molar-refractivity contribution in [2.45, 2.75) is 11.8 Å². The molecule has 0 aliphatic rings. The fourth-order valence-corrected chi connectivity index (χ4v) is 3.96. The van der Waals surface area contributed by atoms with Crippen LogP contribution >= 0.6 is 11.8 Å². The van der Waals surface area contributed by atoms with Gasteiger partial charge in [-0.3, -0.25) is 0 Å². The number of aromatic nitrogens is 1. The minimum atomic E-state index is -0.556. The number of rotatable bonds is 5. The first-order valence-corrected chi connectivity index (χ1v) is 10.2. The number of ether oxygens (including phenoxy) is 1. The molecule has 0 saturated heterocycles. The number of esters is 1. The highest BCUT2D eigenvalue weighted by Crippen LogP contribution is 2.35. The van der Waals surface area contributed by atoms with Crippen LogP contribution in [0.15, 0.2) is 53.4 Å². The molecule has 0 amide bonds. The van der Waals surface area contributed by atoms with Gasteiger partial charge in [-0.15, -0.1) is 11.8 Å². The highest BCUT2D eigenvalue weighted by Gasteiger charge is 2.27. The van der Waals surface area contributed by atoms with Gasteiger partial charge in [0.05, 0.1) is 12.2 Å². The Bertz CT molecular complexity index is 1150. The first kappa shape index (κ1) is 20.3. The van der Waals surface area contributed by atoms with E-state index < -0.39 is 5.97 Å². The largest absolute Gasteiger partial charge is 0.461 e. The van der Waals surface area contributed by atoms with E-state index in [0.717, 1.165) is 16.0 Å². The fraction of sp³-hybridized carbons (Fsp3) is 0.174. The van der Waals surface area contributed by atoms with E-state index in [4.69, 9.17) is 4.74 Å². The molecule has 0 radical (unpaired) electrons. The standard InChI is InChI=1S/C23H19N3O2S/c1-4-28-23(27)22-21(18(13-24)19(14-25)26(22)2)16-11-9-15(10-12-16)17-7-5-6-8-20(17)29-3/h5-12H,4H2,1-3H3. The Labute approximate surface area is 174 Å². The molecule has 0 saturated carbocycles. The summed E-state index contributed by atoms with van der Waals surface area (Å²) in [6, 6.07) is 19.9. The lowest BCUT2D eigenvalue weighted by Gasteiger charge is -2.10. The summed E-state index contributed by atoms with van der Waals surface area (Å²) >= 11 is 1.67. The van der Waals surface area contributed by atoms with Gasteiger partial charge in [-0.25, -0.2) is 4.79 Å². The van der Waals surface area contributed by atoms with Gasteiger partial charge in [-0.1, -0.05) is 42.5 Å². The molecule has 144 valence electrons. The van der Waals surface area contributed by atoms with Crippen LogP contribution in [-0.4, -0.2) is 23.4 Å². The minimum Gasteiger partial charge on any atom is -0.461 e. The van der Waals surface area contributed by atoms with Crippen molar-refractivity contribution in [3.63, 3.8) is 0 Å². The van der Waals surface area contributed by atoms with Crippen molar-refractivity contribution in [1.29, 1.82) is 10.5 Å². The van der Waals surface area contributed by atoms with Crippen molar-refractivity contribution < 1.29 is 9.53 Å². The third-order valence-electron chi connectivity index (χ3n) is 4.67. The van der Waals surface area contributed by atoms with E-state index in [9.17, 15) is 15.3 Å². The van der Waals surface area contributed by atoms with Crippen LogP contribution in [0.25, 0.3) is 22.3 Å². The normalized spacial score (nSPS) is 10.2. The first-order chi connectivity index (χ1) is 14.1. The summed E-state index contributed by atoms with van der Waals surface area (Å²) in [5.74, 6) is -0.556. The van der Waals surface area contributed by atoms with E-state index in [-0.39, 0.29) is 23.6 Å². The van der Waals surface area contributed by atoms with Crippen LogP contribution in [0.5, 0.6) is 0 Å². The molecule has 6 heteroatoms. The minimum absolute atomic E-state index is 0.141. The predicted octanol–water partition coefficient (Wildman–Crippen LogP) is 5.00. The van der Waals surface area contributed by atoms with E-state index in [2.05, 4.69) is 18.2 Å².